The highest BCUT2D eigenvalue weighted by Crippen LogP contribution is 2.32. The van der Waals surface area contributed by atoms with Gasteiger partial charge in [-0.2, -0.15) is 5.10 Å². The zero-order valence-electron chi connectivity index (χ0n) is 19.9. The number of nitro groups is 1. The Balaban J connectivity index is 1.40. The molecule has 11 heteroatoms. The highest BCUT2D eigenvalue weighted by molar-refractivity contribution is 6.30. The van der Waals surface area contributed by atoms with Crippen molar-refractivity contribution >= 4 is 39.9 Å². The van der Waals surface area contributed by atoms with Gasteiger partial charge in [0, 0.05) is 28.7 Å². The second-order valence-corrected chi connectivity index (χ2v) is 8.82. The van der Waals surface area contributed by atoms with Crippen LogP contribution in [0.4, 0.5) is 15.8 Å². The molecule has 0 fully saturated rings. The Morgan fingerprint density at radius 1 is 1.08 bits per heavy atom. The normalized spacial score (nSPS) is 10.9. The number of nitrogens with zero attached hydrogens (tertiary/aromatic N) is 4. The van der Waals surface area contributed by atoms with Crippen molar-refractivity contribution in [2.45, 2.75) is 13.5 Å². The Labute approximate surface area is 220 Å². The Morgan fingerprint density at radius 3 is 2.53 bits per heavy atom. The molecule has 0 atom stereocenters. The van der Waals surface area contributed by atoms with Gasteiger partial charge in [0.25, 0.3) is 5.69 Å². The quantitative estimate of drug-likeness (QED) is 0.188. The number of halogens is 2. The average Bonchev–Trinajstić information content (AvgIpc) is 3.20. The van der Waals surface area contributed by atoms with Crippen LogP contribution in [0.2, 0.25) is 5.02 Å². The first-order chi connectivity index (χ1) is 18.3. The molecule has 1 N–H and O–H groups in total. The van der Waals surface area contributed by atoms with Crippen LogP contribution in [0.5, 0.6) is 11.5 Å². The third kappa shape index (κ3) is 5.30. The molecule has 0 aliphatic heterocycles. The maximum atomic E-state index is 13.4. The van der Waals surface area contributed by atoms with Crippen molar-refractivity contribution in [1.82, 2.24) is 14.8 Å². The number of anilines is 1. The van der Waals surface area contributed by atoms with E-state index in [0.29, 0.717) is 22.1 Å². The van der Waals surface area contributed by atoms with E-state index in [0.717, 1.165) is 16.5 Å². The van der Waals surface area contributed by atoms with E-state index >= 15 is 0 Å². The fourth-order valence-electron chi connectivity index (χ4n) is 4.06. The molecule has 5 rings (SSSR count). The van der Waals surface area contributed by atoms with Gasteiger partial charge in [0.15, 0.2) is 5.65 Å². The van der Waals surface area contributed by atoms with Crippen LogP contribution in [-0.2, 0) is 11.3 Å². The second-order valence-electron chi connectivity index (χ2n) is 8.38. The van der Waals surface area contributed by atoms with Crippen molar-refractivity contribution in [3.8, 4) is 22.6 Å². The second kappa shape index (κ2) is 10.3. The smallest absolute Gasteiger partial charge is 0.275 e. The first kappa shape index (κ1) is 24.8. The molecule has 1 amide bonds. The third-order valence-electron chi connectivity index (χ3n) is 5.69. The Hall–Kier alpha value is -4.83. The van der Waals surface area contributed by atoms with Crippen molar-refractivity contribution in [2.75, 3.05) is 5.32 Å². The van der Waals surface area contributed by atoms with Gasteiger partial charge in [0.05, 0.1) is 22.4 Å². The summed E-state index contributed by atoms with van der Waals surface area (Å²) in [5.74, 6) is -0.219. The molecule has 5 aromatic rings. The van der Waals surface area contributed by atoms with Gasteiger partial charge in [-0.25, -0.2) is 14.1 Å². The lowest BCUT2D eigenvalue weighted by atomic mass is 10.0. The summed E-state index contributed by atoms with van der Waals surface area (Å²) in [7, 11) is 0. The van der Waals surface area contributed by atoms with Gasteiger partial charge in [-0.05, 0) is 60.5 Å². The third-order valence-corrected chi connectivity index (χ3v) is 5.94. The number of aryl methyl sites for hydroxylation is 1. The van der Waals surface area contributed by atoms with Crippen molar-refractivity contribution in [3.05, 3.63) is 106 Å². The van der Waals surface area contributed by atoms with E-state index in [1.54, 1.807) is 55.6 Å². The number of hydrogen-bond donors (Lipinski definition) is 1. The number of hydrogen-bond acceptors (Lipinski definition) is 6. The van der Waals surface area contributed by atoms with Crippen molar-refractivity contribution in [1.29, 1.82) is 0 Å². The number of carbonyl (C=O) groups is 1. The highest BCUT2D eigenvalue weighted by Gasteiger charge is 2.18. The number of pyridine rings is 1. The van der Waals surface area contributed by atoms with E-state index in [2.05, 4.69) is 15.4 Å². The van der Waals surface area contributed by atoms with E-state index in [-0.39, 0.29) is 29.5 Å². The fraction of sp³-hybridized carbons (Fsp3) is 0.0741. The Morgan fingerprint density at radius 2 is 1.82 bits per heavy atom. The number of ether oxygens (including phenoxy) is 1. The highest BCUT2D eigenvalue weighted by atomic mass is 35.5. The van der Waals surface area contributed by atoms with Crippen molar-refractivity contribution < 1.29 is 18.8 Å². The summed E-state index contributed by atoms with van der Waals surface area (Å²) in [5.41, 5.74) is 2.65. The van der Waals surface area contributed by atoms with E-state index in [1.807, 2.05) is 0 Å². The summed E-state index contributed by atoms with van der Waals surface area (Å²) in [6.07, 6.45) is 1.59. The number of nitrogens with one attached hydrogen (secondary N) is 1. The minimum atomic E-state index is -0.574. The number of nitro benzene ring substituents is 1. The first-order valence-electron chi connectivity index (χ1n) is 11.4. The topological polar surface area (TPSA) is 112 Å². The van der Waals surface area contributed by atoms with Crippen LogP contribution >= 0.6 is 11.6 Å². The number of benzene rings is 3. The maximum absolute atomic E-state index is 13.4. The molecular weight excluding hydrogens is 513 g/mol. The summed E-state index contributed by atoms with van der Waals surface area (Å²) >= 11 is 5.90. The minimum absolute atomic E-state index is 0.169. The predicted molar refractivity (Wildman–Crippen MR) is 141 cm³/mol. The van der Waals surface area contributed by atoms with Gasteiger partial charge in [-0.15, -0.1) is 0 Å². The van der Waals surface area contributed by atoms with Crippen LogP contribution in [0.3, 0.4) is 0 Å². The van der Waals surface area contributed by atoms with Crippen LogP contribution in [0.25, 0.3) is 22.2 Å². The zero-order chi connectivity index (χ0) is 26.8. The zero-order valence-corrected chi connectivity index (χ0v) is 20.6. The molecule has 0 unspecified atom stereocenters. The molecule has 3 aromatic carbocycles. The summed E-state index contributed by atoms with van der Waals surface area (Å²) < 4.78 is 20.6. The van der Waals surface area contributed by atoms with Gasteiger partial charge in [-0.1, -0.05) is 23.7 Å². The Bertz CT molecular complexity index is 1670. The van der Waals surface area contributed by atoms with Gasteiger partial charge >= 0.3 is 0 Å². The van der Waals surface area contributed by atoms with Crippen LogP contribution in [0.1, 0.15) is 5.69 Å². The van der Waals surface area contributed by atoms with E-state index < -0.39 is 10.8 Å². The van der Waals surface area contributed by atoms with E-state index in [1.165, 1.54) is 35.0 Å². The SMILES string of the molecule is Cc1nn(CC(=O)Nc2cc(Oc3ccc(Cl)cc3)cc([N+](=O)[O-])c2)c2nccc(-c3ccc(F)cc3)c12. The number of non-ortho nitro benzene ring substituents is 1. The summed E-state index contributed by atoms with van der Waals surface area (Å²) in [6.45, 7) is 1.60. The predicted octanol–water partition coefficient (Wildman–Crippen LogP) is 6.54. The lowest BCUT2D eigenvalue weighted by molar-refractivity contribution is -0.384. The molecule has 2 aromatic heterocycles. The van der Waals surface area contributed by atoms with Crippen molar-refractivity contribution in [2.24, 2.45) is 0 Å². The molecule has 0 aliphatic rings. The fourth-order valence-corrected chi connectivity index (χ4v) is 4.18. The molecule has 2 heterocycles. The molecule has 0 bridgehead atoms. The van der Waals surface area contributed by atoms with Crippen LogP contribution < -0.4 is 10.1 Å². The van der Waals surface area contributed by atoms with Crippen LogP contribution in [-0.4, -0.2) is 25.6 Å². The summed E-state index contributed by atoms with van der Waals surface area (Å²) in [5, 5.41) is 19.9. The monoisotopic (exact) mass is 531 g/mol. The van der Waals surface area contributed by atoms with Gasteiger partial charge in [0.2, 0.25) is 5.91 Å². The van der Waals surface area contributed by atoms with Gasteiger partial charge in [0.1, 0.15) is 23.9 Å². The number of carbonyl (C=O) groups excluding carboxylic acids is 1. The lowest BCUT2D eigenvalue weighted by Gasteiger charge is -2.10. The minimum Gasteiger partial charge on any atom is -0.457 e. The lowest BCUT2D eigenvalue weighted by Crippen LogP contribution is -2.20. The number of amides is 1. The molecule has 9 nitrogen and oxygen atoms in total. The average molecular weight is 532 g/mol. The standard InChI is InChI=1S/C27H19ClFN5O4/c1-16-26-24(17-2-6-19(29)7-3-17)10-11-30-27(26)33(32-16)15-25(35)31-20-12-21(34(36)37)14-23(13-20)38-22-8-4-18(28)5-9-22/h2-14H,15H2,1H3,(H,31,35). The Kier molecular flexibility index (Phi) is 6.71. The molecule has 0 radical (unpaired) electrons. The largest absolute Gasteiger partial charge is 0.457 e. The number of fused-ring (bicyclic) bond motifs is 1. The number of rotatable bonds is 7. The van der Waals surface area contributed by atoms with Gasteiger partial charge in [-0.3, -0.25) is 14.9 Å². The molecule has 0 saturated heterocycles. The maximum Gasteiger partial charge on any atom is 0.275 e. The van der Waals surface area contributed by atoms with E-state index in [4.69, 9.17) is 16.3 Å². The summed E-state index contributed by atoms with van der Waals surface area (Å²) in [4.78, 5) is 28.2. The molecule has 38 heavy (non-hydrogen) atoms. The van der Waals surface area contributed by atoms with E-state index in [9.17, 15) is 19.3 Å². The molecule has 190 valence electrons. The molecule has 0 saturated carbocycles. The molecule has 0 spiro atoms. The van der Waals surface area contributed by atoms with Crippen LogP contribution in [0.15, 0.2) is 79.0 Å². The van der Waals surface area contributed by atoms with Crippen molar-refractivity contribution in [3.63, 3.8) is 0 Å². The molecular formula is C27H19ClFN5O4. The summed E-state index contributed by atoms with van der Waals surface area (Å²) in [6, 6.07) is 18.4. The molecule has 0 aliphatic carbocycles. The first-order valence-corrected chi connectivity index (χ1v) is 11.8. The van der Waals surface area contributed by atoms with Gasteiger partial charge < -0.3 is 10.1 Å². The number of aromatic nitrogens is 3. The van der Waals surface area contributed by atoms with Crippen LogP contribution in [0, 0.1) is 22.9 Å².